The molecular weight excluding hydrogens is 268 g/mol. The van der Waals surface area contributed by atoms with E-state index in [1.54, 1.807) is 12.4 Å². The summed E-state index contributed by atoms with van der Waals surface area (Å²) in [5, 5.41) is 3.42. The lowest BCUT2D eigenvalue weighted by Crippen LogP contribution is -2.47. The lowest BCUT2D eigenvalue weighted by atomic mass is 9.71. The lowest BCUT2D eigenvalue weighted by Gasteiger charge is -2.44. The Kier molecular flexibility index (Phi) is 4.05. The Balaban J connectivity index is 1.61. The van der Waals surface area contributed by atoms with Gasteiger partial charge in [0.2, 0.25) is 0 Å². The molecule has 0 bridgehead atoms. The minimum absolute atomic E-state index is 0.0291. The van der Waals surface area contributed by atoms with Gasteiger partial charge in [-0.05, 0) is 44.2 Å². The van der Waals surface area contributed by atoms with Crippen molar-refractivity contribution in [2.24, 2.45) is 5.41 Å². The number of amides is 1. The number of hydrogen-bond donors (Lipinski definition) is 1. The van der Waals surface area contributed by atoms with Gasteiger partial charge in [-0.25, -0.2) is 9.97 Å². The van der Waals surface area contributed by atoms with E-state index in [1.807, 2.05) is 4.90 Å². The topological polar surface area (TPSA) is 67.3 Å². The van der Waals surface area contributed by atoms with Gasteiger partial charge in [-0.2, -0.15) is 0 Å². The molecule has 1 amide bonds. The minimum Gasteiger partial charge on any atom is -0.467 e. The summed E-state index contributed by atoms with van der Waals surface area (Å²) >= 11 is 0. The van der Waals surface area contributed by atoms with E-state index >= 15 is 0 Å². The molecule has 2 aliphatic heterocycles. The normalized spacial score (nSPS) is 21.3. The molecule has 1 aromatic heterocycles. The minimum atomic E-state index is 0.0291. The zero-order chi connectivity index (χ0) is 14.7. The maximum atomic E-state index is 12.5. The number of aromatic nitrogens is 2. The number of hydrogen-bond acceptors (Lipinski definition) is 5. The van der Waals surface area contributed by atoms with Crippen LogP contribution in [0, 0.1) is 5.41 Å². The summed E-state index contributed by atoms with van der Waals surface area (Å²) in [7, 11) is 1.51. The van der Waals surface area contributed by atoms with E-state index in [1.165, 1.54) is 20.0 Å². The quantitative estimate of drug-likeness (QED) is 0.883. The Bertz CT molecular complexity index is 487. The van der Waals surface area contributed by atoms with Crippen LogP contribution in [0.15, 0.2) is 12.4 Å². The summed E-state index contributed by atoms with van der Waals surface area (Å²) < 4.78 is 4.92. The zero-order valence-electron chi connectivity index (χ0n) is 12.5. The average molecular weight is 290 g/mol. The molecule has 0 aromatic carbocycles. The van der Waals surface area contributed by atoms with Crippen LogP contribution < -0.4 is 10.1 Å². The van der Waals surface area contributed by atoms with Crippen molar-refractivity contribution in [1.82, 2.24) is 20.2 Å². The molecule has 0 saturated carbocycles. The first-order valence-corrected chi connectivity index (χ1v) is 7.58. The predicted octanol–water partition coefficient (Wildman–Crippen LogP) is 1.09. The lowest BCUT2D eigenvalue weighted by molar-refractivity contribution is 0.0495. The van der Waals surface area contributed by atoms with Crippen molar-refractivity contribution in [3.8, 4) is 6.01 Å². The molecule has 2 aliphatic rings. The second-order valence-corrected chi connectivity index (χ2v) is 6.00. The number of rotatable bonds is 2. The molecule has 2 saturated heterocycles. The van der Waals surface area contributed by atoms with Gasteiger partial charge < -0.3 is 15.0 Å². The summed E-state index contributed by atoms with van der Waals surface area (Å²) in [6, 6.07) is 0.291. The molecule has 2 fully saturated rings. The Labute approximate surface area is 124 Å². The van der Waals surface area contributed by atoms with E-state index in [4.69, 9.17) is 4.74 Å². The van der Waals surface area contributed by atoms with Crippen LogP contribution in [-0.4, -0.2) is 54.1 Å². The highest BCUT2D eigenvalue weighted by Crippen LogP contribution is 2.39. The van der Waals surface area contributed by atoms with Crippen molar-refractivity contribution in [3.05, 3.63) is 18.0 Å². The molecule has 1 aromatic rings. The molecule has 3 rings (SSSR count). The zero-order valence-corrected chi connectivity index (χ0v) is 12.5. The Morgan fingerprint density at radius 1 is 1.19 bits per heavy atom. The van der Waals surface area contributed by atoms with Crippen LogP contribution in [0.2, 0.25) is 0 Å². The first-order valence-electron chi connectivity index (χ1n) is 7.58. The molecule has 6 nitrogen and oxygen atoms in total. The van der Waals surface area contributed by atoms with Crippen LogP contribution in [-0.2, 0) is 0 Å². The molecule has 0 radical (unpaired) electrons. The third kappa shape index (κ3) is 3.00. The van der Waals surface area contributed by atoms with Gasteiger partial charge >= 0.3 is 6.01 Å². The molecule has 21 heavy (non-hydrogen) atoms. The van der Waals surface area contributed by atoms with Crippen LogP contribution in [0.3, 0.4) is 0 Å². The molecule has 1 spiro atoms. The molecule has 1 N–H and O–H groups in total. The average Bonchev–Trinajstić information content (AvgIpc) is 2.56. The highest BCUT2D eigenvalue weighted by molar-refractivity contribution is 5.93. The third-order valence-electron chi connectivity index (χ3n) is 4.83. The van der Waals surface area contributed by atoms with Gasteiger partial charge in [-0.3, -0.25) is 4.79 Å². The summed E-state index contributed by atoms with van der Waals surface area (Å²) in [5.74, 6) is 0.0291. The number of methoxy groups -OCH3 is 1. The van der Waals surface area contributed by atoms with Crippen LogP contribution in [0.25, 0.3) is 0 Å². The summed E-state index contributed by atoms with van der Waals surface area (Å²) in [5.41, 5.74) is 0.996. The van der Waals surface area contributed by atoms with Gasteiger partial charge in [0.1, 0.15) is 0 Å². The van der Waals surface area contributed by atoms with E-state index in [2.05, 4.69) is 15.3 Å². The van der Waals surface area contributed by atoms with Gasteiger partial charge in [-0.15, -0.1) is 0 Å². The fraction of sp³-hybridized carbons (Fsp3) is 0.667. The first-order chi connectivity index (χ1) is 10.2. The Hall–Kier alpha value is -1.69. The van der Waals surface area contributed by atoms with Gasteiger partial charge in [0.05, 0.1) is 12.7 Å². The van der Waals surface area contributed by atoms with E-state index < -0.39 is 0 Å². The third-order valence-corrected chi connectivity index (χ3v) is 4.83. The molecule has 0 atom stereocenters. The van der Waals surface area contributed by atoms with E-state index in [9.17, 15) is 4.79 Å². The van der Waals surface area contributed by atoms with Crippen molar-refractivity contribution in [1.29, 1.82) is 0 Å². The second kappa shape index (κ2) is 5.97. The molecule has 3 heterocycles. The van der Waals surface area contributed by atoms with Crippen LogP contribution >= 0.6 is 0 Å². The van der Waals surface area contributed by atoms with Crippen LogP contribution in [0.1, 0.15) is 36.0 Å². The van der Waals surface area contributed by atoms with Crippen LogP contribution in [0.5, 0.6) is 6.01 Å². The summed E-state index contributed by atoms with van der Waals surface area (Å²) in [6.45, 7) is 3.90. The first kappa shape index (κ1) is 14.3. The van der Waals surface area contributed by atoms with E-state index in [0.717, 1.165) is 39.0 Å². The van der Waals surface area contributed by atoms with E-state index in [0.29, 0.717) is 17.0 Å². The highest BCUT2D eigenvalue weighted by atomic mass is 16.5. The largest absolute Gasteiger partial charge is 0.467 e. The SMILES string of the molecule is COc1ncc(C(=O)N2CCC3(CCNCC3)CC2)cn1. The molecule has 6 heteroatoms. The molecule has 0 aliphatic carbocycles. The number of carbonyl (C=O) groups is 1. The fourth-order valence-electron chi connectivity index (χ4n) is 3.36. The monoisotopic (exact) mass is 290 g/mol. The van der Waals surface area contributed by atoms with Crippen LogP contribution in [0.4, 0.5) is 0 Å². The van der Waals surface area contributed by atoms with Crippen molar-refractivity contribution < 1.29 is 9.53 Å². The maximum absolute atomic E-state index is 12.5. The van der Waals surface area contributed by atoms with E-state index in [-0.39, 0.29) is 5.91 Å². The number of likely N-dealkylation sites (tertiary alicyclic amines) is 1. The summed E-state index contributed by atoms with van der Waals surface area (Å²) in [4.78, 5) is 22.4. The fourth-order valence-corrected chi connectivity index (χ4v) is 3.36. The van der Waals surface area contributed by atoms with Gasteiger partial charge in [0.15, 0.2) is 0 Å². The molecular formula is C15H22N4O2. The maximum Gasteiger partial charge on any atom is 0.316 e. The number of ether oxygens (including phenoxy) is 1. The Morgan fingerprint density at radius 2 is 1.81 bits per heavy atom. The standard InChI is InChI=1S/C15H22N4O2/c1-21-14-17-10-12(11-18-14)13(20)19-8-4-15(5-9-19)2-6-16-7-3-15/h10-11,16H,2-9H2,1H3. The van der Waals surface area contributed by atoms with Gasteiger partial charge in [-0.1, -0.05) is 0 Å². The van der Waals surface area contributed by atoms with Gasteiger partial charge in [0, 0.05) is 25.5 Å². The molecule has 0 unspecified atom stereocenters. The predicted molar refractivity (Wildman–Crippen MR) is 78.3 cm³/mol. The second-order valence-electron chi connectivity index (χ2n) is 6.00. The van der Waals surface area contributed by atoms with Crippen molar-refractivity contribution in [2.75, 3.05) is 33.3 Å². The number of nitrogens with one attached hydrogen (secondary N) is 1. The van der Waals surface area contributed by atoms with Crippen molar-refractivity contribution in [3.63, 3.8) is 0 Å². The smallest absolute Gasteiger partial charge is 0.316 e. The number of nitrogens with zero attached hydrogens (tertiary/aromatic N) is 3. The van der Waals surface area contributed by atoms with Crippen molar-refractivity contribution in [2.45, 2.75) is 25.7 Å². The number of piperidine rings is 2. The summed E-state index contributed by atoms with van der Waals surface area (Å²) in [6.07, 6.45) is 7.78. The van der Waals surface area contributed by atoms with Gasteiger partial charge in [0.25, 0.3) is 5.91 Å². The number of carbonyl (C=O) groups excluding carboxylic acids is 1. The van der Waals surface area contributed by atoms with Crippen molar-refractivity contribution >= 4 is 5.91 Å². The highest BCUT2D eigenvalue weighted by Gasteiger charge is 2.36. The molecule has 114 valence electrons. The Morgan fingerprint density at radius 3 is 2.38 bits per heavy atom.